The van der Waals surface area contributed by atoms with E-state index in [0.29, 0.717) is 0 Å². The van der Waals surface area contributed by atoms with E-state index >= 15 is 0 Å². The van der Waals surface area contributed by atoms with Crippen LogP contribution in [0.5, 0.6) is 0 Å². The van der Waals surface area contributed by atoms with E-state index in [9.17, 15) is 8.78 Å². The van der Waals surface area contributed by atoms with Gasteiger partial charge < -0.3 is 10.1 Å². The highest BCUT2D eigenvalue weighted by atomic mass is 19.3. The summed E-state index contributed by atoms with van der Waals surface area (Å²) in [5, 5.41) is 3.02. The molecular formula is C9H17F2NO. The van der Waals surface area contributed by atoms with Crippen molar-refractivity contribution in [2.75, 3.05) is 13.6 Å². The first-order chi connectivity index (χ1) is 6.24. The van der Waals surface area contributed by atoms with Crippen LogP contribution in [0.15, 0.2) is 0 Å². The Bertz CT molecular complexity index is 142. The molecule has 0 radical (unpaired) electrons. The van der Waals surface area contributed by atoms with Gasteiger partial charge in [-0.15, -0.1) is 0 Å². The molecule has 1 fully saturated rings. The van der Waals surface area contributed by atoms with E-state index in [1.54, 1.807) is 0 Å². The summed E-state index contributed by atoms with van der Waals surface area (Å²) >= 11 is 0. The van der Waals surface area contributed by atoms with Crippen molar-refractivity contribution in [3.63, 3.8) is 0 Å². The highest BCUT2D eigenvalue weighted by Gasteiger charge is 2.27. The first kappa shape index (κ1) is 10.9. The lowest BCUT2D eigenvalue weighted by molar-refractivity contribution is -0.182. The number of ether oxygens (including phenoxy) is 1. The van der Waals surface area contributed by atoms with Crippen molar-refractivity contribution in [2.24, 2.45) is 5.92 Å². The molecule has 0 spiro atoms. The Morgan fingerprint density at radius 3 is 2.69 bits per heavy atom. The molecule has 1 N–H and O–H groups in total. The van der Waals surface area contributed by atoms with Crippen LogP contribution in [0.4, 0.5) is 8.78 Å². The van der Waals surface area contributed by atoms with Gasteiger partial charge in [-0.25, -0.2) is 0 Å². The second-order valence-electron chi connectivity index (χ2n) is 3.54. The number of halogens is 2. The minimum atomic E-state index is -2.62. The quantitative estimate of drug-likeness (QED) is 0.737. The van der Waals surface area contributed by atoms with Crippen LogP contribution in [0.2, 0.25) is 0 Å². The summed E-state index contributed by atoms with van der Waals surface area (Å²) in [5.41, 5.74) is 0. The van der Waals surface area contributed by atoms with Crippen molar-refractivity contribution in [3.05, 3.63) is 0 Å². The standard InChI is InChI=1S/C9H17F2NO/c1-12-6-7-4-2-3-5-8(7)13-9(10)11/h7-9,12H,2-6H2,1H3. The monoisotopic (exact) mass is 193 g/mol. The van der Waals surface area contributed by atoms with Gasteiger partial charge in [-0.3, -0.25) is 0 Å². The van der Waals surface area contributed by atoms with Crippen LogP contribution in [0.1, 0.15) is 25.7 Å². The molecule has 4 heteroatoms. The highest BCUT2D eigenvalue weighted by molar-refractivity contribution is 4.77. The number of alkyl halides is 2. The van der Waals surface area contributed by atoms with E-state index in [1.807, 2.05) is 7.05 Å². The van der Waals surface area contributed by atoms with Gasteiger partial charge in [0.05, 0.1) is 6.10 Å². The van der Waals surface area contributed by atoms with Crippen molar-refractivity contribution >= 4 is 0 Å². The predicted molar refractivity (Wildman–Crippen MR) is 46.8 cm³/mol. The summed E-state index contributed by atoms with van der Waals surface area (Å²) in [5.74, 6) is 0.257. The summed E-state index contributed by atoms with van der Waals surface area (Å²) in [7, 11) is 1.84. The van der Waals surface area contributed by atoms with Crippen LogP contribution in [-0.4, -0.2) is 26.3 Å². The Hall–Kier alpha value is -0.220. The number of hydrogen-bond acceptors (Lipinski definition) is 2. The fourth-order valence-electron chi connectivity index (χ4n) is 1.98. The zero-order chi connectivity index (χ0) is 9.68. The van der Waals surface area contributed by atoms with Crippen molar-refractivity contribution in [1.82, 2.24) is 5.32 Å². The first-order valence-corrected chi connectivity index (χ1v) is 4.82. The lowest BCUT2D eigenvalue weighted by atomic mass is 9.86. The summed E-state index contributed by atoms with van der Waals surface area (Å²) < 4.78 is 28.6. The lowest BCUT2D eigenvalue weighted by Crippen LogP contribution is -2.35. The number of nitrogens with one attached hydrogen (secondary N) is 1. The Kier molecular flexibility index (Phi) is 4.59. The third-order valence-electron chi connectivity index (χ3n) is 2.58. The molecule has 0 aliphatic heterocycles. The maximum Gasteiger partial charge on any atom is 0.345 e. The van der Waals surface area contributed by atoms with Gasteiger partial charge in [0, 0.05) is 6.54 Å². The topological polar surface area (TPSA) is 21.3 Å². The van der Waals surface area contributed by atoms with Gasteiger partial charge in [0.25, 0.3) is 0 Å². The van der Waals surface area contributed by atoms with Gasteiger partial charge in [-0.1, -0.05) is 12.8 Å². The molecule has 2 atom stereocenters. The minimum Gasteiger partial charge on any atom is -0.319 e. The third kappa shape index (κ3) is 3.56. The minimum absolute atomic E-state index is 0.249. The molecule has 1 rings (SSSR count). The first-order valence-electron chi connectivity index (χ1n) is 4.82. The molecule has 13 heavy (non-hydrogen) atoms. The molecular weight excluding hydrogens is 176 g/mol. The van der Waals surface area contributed by atoms with Gasteiger partial charge in [0.1, 0.15) is 0 Å². The number of hydrogen-bond donors (Lipinski definition) is 1. The molecule has 1 aliphatic rings. The van der Waals surface area contributed by atoms with Gasteiger partial charge in [-0.2, -0.15) is 8.78 Å². The fourth-order valence-corrected chi connectivity index (χ4v) is 1.98. The van der Waals surface area contributed by atoms with Crippen molar-refractivity contribution in [3.8, 4) is 0 Å². The Labute approximate surface area is 77.6 Å². The molecule has 0 saturated heterocycles. The fraction of sp³-hybridized carbons (Fsp3) is 1.00. The Balaban J connectivity index is 2.36. The van der Waals surface area contributed by atoms with Crippen LogP contribution in [0.3, 0.4) is 0 Å². The van der Waals surface area contributed by atoms with Gasteiger partial charge in [0.15, 0.2) is 0 Å². The Morgan fingerprint density at radius 2 is 2.08 bits per heavy atom. The molecule has 0 aromatic carbocycles. The largest absolute Gasteiger partial charge is 0.345 e. The molecule has 0 aromatic rings. The predicted octanol–water partition coefficient (Wildman–Crippen LogP) is 2.00. The average molecular weight is 193 g/mol. The Morgan fingerprint density at radius 1 is 1.38 bits per heavy atom. The molecule has 0 amide bonds. The maximum atomic E-state index is 12.0. The SMILES string of the molecule is CNCC1CCCCC1OC(F)F. The lowest BCUT2D eigenvalue weighted by Gasteiger charge is -2.30. The summed E-state index contributed by atoms with van der Waals surface area (Å²) in [6.07, 6.45) is 3.67. The molecule has 78 valence electrons. The van der Waals surface area contributed by atoms with E-state index in [0.717, 1.165) is 32.2 Å². The zero-order valence-electron chi connectivity index (χ0n) is 7.93. The second kappa shape index (κ2) is 5.50. The van der Waals surface area contributed by atoms with Gasteiger partial charge in [0.2, 0.25) is 0 Å². The van der Waals surface area contributed by atoms with Crippen LogP contribution in [-0.2, 0) is 4.74 Å². The van der Waals surface area contributed by atoms with Crippen LogP contribution in [0, 0.1) is 5.92 Å². The van der Waals surface area contributed by atoms with Crippen LogP contribution >= 0.6 is 0 Å². The normalized spacial score (nSPS) is 29.5. The van der Waals surface area contributed by atoms with Crippen molar-refractivity contribution in [2.45, 2.75) is 38.4 Å². The van der Waals surface area contributed by atoms with Crippen LogP contribution < -0.4 is 5.32 Å². The van der Waals surface area contributed by atoms with E-state index in [1.165, 1.54) is 0 Å². The van der Waals surface area contributed by atoms with E-state index < -0.39 is 6.61 Å². The molecule has 0 bridgehead atoms. The van der Waals surface area contributed by atoms with E-state index in [2.05, 4.69) is 10.1 Å². The zero-order valence-corrected chi connectivity index (χ0v) is 7.93. The molecule has 2 unspecified atom stereocenters. The van der Waals surface area contributed by atoms with Crippen LogP contribution in [0.25, 0.3) is 0 Å². The third-order valence-corrected chi connectivity index (χ3v) is 2.58. The molecule has 2 nitrogen and oxygen atoms in total. The molecule has 1 saturated carbocycles. The van der Waals surface area contributed by atoms with Gasteiger partial charge in [-0.05, 0) is 25.8 Å². The van der Waals surface area contributed by atoms with Crippen molar-refractivity contribution < 1.29 is 13.5 Å². The number of rotatable bonds is 4. The van der Waals surface area contributed by atoms with E-state index in [4.69, 9.17) is 0 Å². The van der Waals surface area contributed by atoms with E-state index in [-0.39, 0.29) is 12.0 Å². The molecule has 0 aromatic heterocycles. The second-order valence-corrected chi connectivity index (χ2v) is 3.54. The summed E-state index contributed by atoms with van der Waals surface area (Å²) in [6.45, 7) is -1.85. The van der Waals surface area contributed by atoms with Crippen molar-refractivity contribution in [1.29, 1.82) is 0 Å². The highest BCUT2D eigenvalue weighted by Crippen LogP contribution is 2.27. The molecule has 0 heterocycles. The summed E-state index contributed by atoms with van der Waals surface area (Å²) in [4.78, 5) is 0. The smallest absolute Gasteiger partial charge is 0.319 e. The van der Waals surface area contributed by atoms with Gasteiger partial charge >= 0.3 is 6.61 Å². The average Bonchev–Trinajstić information content (AvgIpc) is 2.08. The summed E-state index contributed by atoms with van der Waals surface area (Å²) in [6, 6.07) is 0. The molecule has 1 aliphatic carbocycles. The maximum absolute atomic E-state index is 12.0.